The first-order valence-electron chi connectivity index (χ1n) is 8.26. The van der Waals surface area contributed by atoms with Crippen LogP contribution >= 0.6 is 0 Å². The third-order valence-electron chi connectivity index (χ3n) is 4.02. The lowest BCUT2D eigenvalue weighted by atomic mass is 10.2. The average molecular weight is 421 g/mol. The molecular formula is C20H17F2NO3S2. The maximum Gasteiger partial charge on any atom is 0.290 e. The number of halogens is 2. The van der Waals surface area contributed by atoms with Crippen LogP contribution in [0.4, 0.5) is 8.78 Å². The summed E-state index contributed by atoms with van der Waals surface area (Å²) >= 11 is 0. The summed E-state index contributed by atoms with van der Waals surface area (Å²) in [6.07, 6.45) is 0. The molecule has 0 aromatic heterocycles. The Morgan fingerprint density at radius 3 is 1.93 bits per heavy atom. The van der Waals surface area contributed by atoms with Crippen molar-refractivity contribution in [2.75, 3.05) is 0 Å². The summed E-state index contributed by atoms with van der Waals surface area (Å²) in [6, 6.07) is 17.4. The lowest BCUT2D eigenvalue weighted by molar-refractivity contribution is 0.449. The Bertz CT molecular complexity index is 1180. The lowest BCUT2D eigenvalue weighted by Crippen LogP contribution is -2.13. The van der Waals surface area contributed by atoms with E-state index >= 15 is 4.39 Å². The second-order valence-corrected chi connectivity index (χ2v) is 10.2. The summed E-state index contributed by atoms with van der Waals surface area (Å²) in [5.41, 5.74) is -1.56. The van der Waals surface area contributed by atoms with Gasteiger partial charge in [-0.15, -0.1) is 0 Å². The summed E-state index contributed by atoms with van der Waals surface area (Å²) in [5, 5.41) is 0. The Morgan fingerprint density at radius 2 is 1.36 bits per heavy atom. The summed E-state index contributed by atoms with van der Waals surface area (Å²) in [5.74, 6) is -0.591. The van der Waals surface area contributed by atoms with Crippen LogP contribution in [0, 0.1) is 12.7 Å². The fourth-order valence-electron chi connectivity index (χ4n) is 2.51. The molecule has 0 saturated carbocycles. The van der Waals surface area contributed by atoms with Crippen LogP contribution in [-0.2, 0) is 19.8 Å². The first-order valence-corrected chi connectivity index (χ1v) is 11.3. The fraction of sp³-hybridized carbons (Fsp3) is 0.100. The van der Waals surface area contributed by atoms with Gasteiger partial charge in [-0.25, -0.2) is 13.0 Å². The van der Waals surface area contributed by atoms with E-state index in [1.807, 2.05) is 0 Å². The zero-order chi connectivity index (χ0) is 20.4. The molecule has 0 radical (unpaired) electrons. The highest BCUT2D eigenvalue weighted by molar-refractivity contribution is 8.03. The molecule has 0 fully saturated rings. The molecular weight excluding hydrogens is 404 g/mol. The molecule has 3 rings (SSSR count). The molecule has 0 spiro atoms. The van der Waals surface area contributed by atoms with E-state index in [0.717, 1.165) is 29.8 Å². The SMILES string of the molecule is Cc1ccc(S(=O)(=O)N=[S@@](=O)(c2ccccc2)[C@@H](F)c2ccc(F)cc2)cc1. The predicted molar refractivity (Wildman–Crippen MR) is 104 cm³/mol. The zero-order valence-electron chi connectivity index (χ0n) is 14.8. The highest BCUT2D eigenvalue weighted by Gasteiger charge is 2.30. The summed E-state index contributed by atoms with van der Waals surface area (Å²) in [6.45, 7) is 1.78. The Labute approximate surface area is 163 Å². The molecule has 0 N–H and O–H groups in total. The minimum absolute atomic E-state index is 0.0671. The van der Waals surface area contributed by atoms with Gasteiger partial charge in [0.2, 0.25) is 5.50 Å². The monoisotopic (exact) mass is 421 g/mol. The second kappa shape index (κ2) is 7.81. The third-order valence-corrected chi connectivity index (χ3v) is 8.34. The predicted octanol–water partition coefficient (Wildman–Crippen LogP) is 5.02. The average Bonchev–Trinajstić information content (AvgIpc) is 2.68. The quantitative estimate of drug-likeness (QED) is 0.581. The molecule has 3 aromatic carbocycles. The Kier molecular flexibility index (Phi) is 5.62. The number of rotatable bonds is 5. The van der Waals surface area contributed by atoms with Crippen LogP contribution in [0.5, 0.6) is 0 Å². The van der Waals surface area contributed by atoms with Gasteiger partial charge in [0, 0.05) is 5.56 Å². The number of hydrogen-bond acceptors (Lipinski definition) is 3. The van der Waals surface area contributed by atoms with Crippen molar-refractivity contribution in [3.63, 3.8) is 0 Å². The molecule has 0 heterocycles. The van der Waals surface area contributed by atoms with E-state index in [1.54, 1.807) is 25.1 Å². The van der Waals surface area contributed by atoms with E-state index in [0.29, 0.717) is 0 Å². The van der Waals surface area contributed by atoms with Crippen molar-refractivity contribution in [1.82, 2.24) is 0 Å². The topological polar surface area (TPSA) is 63.6 Å². The van der Waals surface area contributed by atoms with Crippen LogP contribution in [0.1, 0.15) is 16.6 Å². The highest BCUT2D eigenvalue weighted by Crippen LogP contribution is 2.34. The van der Waals surface area contributed by atoms with Crippen molar-refractivity contribution >= 4 is 19.8 Å². The maximum absolute atomic E-state index is 15.4. The number of nitrogens with zero attached hydrogens (tertiary/aromatic N) is 1. The molecule has 0 saturated heterocycles. The standard InChI is InChI=1S/C20H17F2NO3S2/c1-15-7-13-19(14-8-15)28(25,26)23-27(24,18-5-3-2-4-6-18)20(22)16-9-11-17(21)12-10-16/h2-14,20H,1H3/t20-,27-/m1/s1. The second-order valence-electron chi connectivity index (χ2n) is 6.11. The van der Waals surface area contributed by atoms with E-state index < -0.39 is 31.1 Å². The van der Waals surface area contributed by atoms with E-state index in [-0.39, 0.29) is 15.4 Å². The molecule has 3 aromatic rings. The largest absolute Gasteiger partial charge is 0.290 e. The van der Waals surface area contributed by atoms with Crippen LogP contribution in [0.25, 0.3) is 0 Å². The third kappa shape index (κ3) is 4.13. The maximum atomic E-state index is 15.4. The van der Waals surface area contributed by atoms with E-state index in [2.05, 4.69) is 3.77 Å². The minimum Gasteiger partial charge on any atom is -0.240 e. The number of sulfonamides is 1. The number of aryl methyl sites for hydroxylation is 1. The summed E-state index contributed by atoms with van der Waals surface area (Å²) < 4.78 is 71.2. The van der Waals surface area contributed by atoms with Gasteiger partial charge in [0.15, 0.2) is 0 Å². The van der Waals surface area contributed by atoms with E-state index in [1.165, 1.54) is 36.4 Å². The Balaban J connectivity index is 2.22. The number of hydrogen-bond donors (Lipinski definition) is 0. The molecule has 2 atom stereocenters. The van der Waals surface area contributed by atoms with Crippen molar-refractivity contribution in [3.05, 3.63) is 95.8 Å². The minimum atomic E-state index is -4.41. The zero-order valence-corrected chi connectivity index (χ0v) is 16.5. The number of benzene rings is 3. The molecule has 0 aliphatic rings. The Hall–Kier alpha value is -2.58. The first-order chi connectivity index (χ1) is 13.2. The van der Waals surface area contributed by atoms with Gasteiger partial charge in [0.1, 0.15) is 15.5 Å². The van der Waals surface area contributed by atoms with Crippen molar-refractivity contribution in [3.8, 4) is 0 Å². The van der Waals surface area contributed by atoms with E-state index in [4.69, 9.17) is 0 Å². The van der Waals surface area contributed by atoms with Crippen molar-refractivity contribution in [2.45, 2.75) is 22.2 Å². The molecule has 0 unspecified atom stereocenters. The van der Waals surface area contributed by atoms with Gasteiger partial charge in [-0.2, -0.15) is 8.42 Å². The van der Waals surface area contributed by atoms with Gasteiger partial charge < -0.3 is 0 Å². The summed E-state index contributed by atoms with van der Waals surface area (Å²) in [7, 11) is -8.49. The highest BCUT2D eigenvalue weighted by atomic mass is 32.3. The Morgan fingerprint density at radius 1 is 0.786 bits per heavy atom. The van der Waals surface area contributed by atoms with Gasteiger partial charge >= 0.3 is 0 Å². The molecule has 28 heavy (non-hydrogen) atoms. The van der Waals surface area contributed by atoms with Crippen LogP contribution < -0.4 is 0 Å². The van der Waals surface area contributed by atoms with Crippen molar-refractivity contribution in [1.29, 1.82) is 0 Å². The van der Waals surface area contributed by atoms with Crippen molar-refractivity contribution in [2.24, 2.45) is 3.77 Å². The fourth-order valence-corrected chi connectivity index (χ4v) is 6.46. The van der Waals surface area contributed by atoms with Gasteiger partial charge in [-0.05, 0) is 43.3 Å². The normalized spacial score (nSPS) is 14.8. The molecule has 0 aliphatic heterocycles. The lowest BCUT2D eigenvalue weighted by Gasteiger charge is -2.16. The van der Waals surface area contributed by atoms with Crippen molar-refractivity contribution < 1.29 is 21.4 Å². The molecule has 4 nitrogen and oxygen atoms in total. The summed E-state index contributed by atoms with van der Waals surface area (Å²) in [4.78, 5) is -0.254. The molecule has 146 valence electrons. The van der Waals surface area contributed by atoms with Crippen LogP contribution in [0.3, 0.4) is 0 Å². The van der Waals surface area contributed by atoms with Gasteiger partial charge in [-0.3, -0.25) is 0 Å². The molecule has 8 heteroatoms. The van der Waals surface area contributed by atoms with Gasteiger partial charge in [0.05, 0.1) is 9.79 Å². The van der Waals surface area contributed by atoms with E-state index in [9.17, 15) is 17.0 Å². The molecule has 0 amide bonds. The smallest absolute Gasteiger partial charge is 0.240 e. The number of alkyl halides is 1. The first kappa shape index (κ1) is 20.2. The van der Waals surface area contributed by atoms with Crippen LogP contribution in [-0.4, -0.2) is 12.6 Å². The molecule has 0 aliphatic carbocycles. The van der Waals surface area contributed by atoms with Gasteiger partial charge in [0.25, 0.3) is 10.0 Å². The van der Waals surface area contributed by atoms with Gasteiger partial charge in [-0.1, -0.05) is 51.8 Å². The van der Waals surface area contributed by atoms with Crippen LogP contribution in [0.2, 0.25) is 0 Å². The van der Waals surface area contributed by atoms with Crippen LogP contribution in [0.15, 0.2) is 92.4 Å². The molecule has 0 bridgehead atoms.